The Labute approximate surface area is 242 Å². The van der Waals surface area contributed by atoms with E-state index in [1.807, 2.05) is 41.3 Å². The molecule has 2 aliphatic heterocycles. The van der Waals surface area contributed by atoms with Gasteiger partial charge in [-0.3, -0.25) is 9.59 Å². The molecule has 0 bridgehead atoms. The van der Waals surface area contributed by atoms with Crippen molar-refractivity contribution in [2.24, 2.45) is 5.92 Å². The molecule has 1 aliphatic carbocycles. The van der Waals surface area contributed by atoms with Gasteiger partial charge in [0.25, 0.3) is 5.91 Å². The van der Waals surface area contributed by atoms with Crippen LogP contribution in [-0.2, 0) is 16.1 Å². The summed E-state index contributed by atoms with van der Waals surface area (Å²) < 4.78 is 13.6. The van der Waals surface area contributed by atoms with Crippen LogP contribution in [0, 0.1) is 11.7 Å². The highest BCUT2D eigenvalue weighted by Gasteiger charge is 2.44. The Morgan fingerprint density at radius 3 is 2.65 bits per heavy atom. The first kappa shape index (κ1) is 28.9. The summed E-state index contributed by atoms with van der Waals surface area (Å²) in [6.45, 7) is 5.61. The van der Waals surface area contributed by atoms with Crippen LogP contribution in [0.5, 0.6) is 0 Å². The highest BCUT2D eigenvalue weighted by molar-refractivity contribution is 8.04. The number of benzene rings is 2. The molecular formula is C33H42FN3O2S. The summed E-state index contributed by atoms with van der Waals surface area (Å²) in [7, 11) is 0. The van der Waals surface area contributed by atoms with Crippen molar-refractivity contribution in [2.75, 3.05) is 19.6 Å². The molecule has 0 aromatic heterocycles. The molecule has 2 aromatic rings. The number of thioether (sulfide) groups is 1. The molecule has 214 valence electrons. The summed E-state index contributed by atoms with van der Waals surface area (Å²) in [4.78, 5) is 32.3. The molecule has 5 rings (SSSR count). The van der Waals surface area contributed by atoms with E-state index in [4.69, 9.17) is 0 Å². The zero-order valence-corrected chi connectivity index (χ0v) is 24.4. The van der Waals surface area contributed by atoms with E-state index in [1.165, 1.54) is 44.4 Å². The summed E-state index contributed by atoms with van der Waals surface area (Å²) in [5.41, 5.74) is 1.90. The van der Waals surface area contributed by atoms with Gasteiger partial charge >= 0.3 is 0 Å². The number of likely N-dealkylation sites (tertiary alicyclic amines) is 1. The SMILES string of the molecule is CCC1CCCCN1CCCNC(=O)C1CCC2S/C(=C\c3ccccc3)C(=O)N(Cc3ccc(F)cc3)C2C1. The van der Waals surface area contributed by atoms with Crippen molar-refractivity contribution in [3.05, 3.63) is 76.4 Å². The van der Waals surface area contributed by atoms with Crippen LogP contribution in [0.15, 0.2) is 59.5 Å². The van der Waals surface area contributed by atoms with Crippen LogP contribution in [0.25, 0.3) is 6.08 Å². The second-order valence-corrected chi connectivity index (χ2v) is 12.7. The molecule has 2 saturated heterocycles. The molecule has 2 heterocycles. The molecule has 5 nitrogen and oxygen atoms in total. The topological polar surface area (TPSA) is 52.7 Å². The second-order valence-electron chi connectivity index (χ2n) is 11.5. The average Bonchev–Trinajstić information content (AvgIpc) is 2.99. The predicted molar refractivity (Wildman–Crippen MR) is 161 cm³/mol. The van der Waals surface area contributed by atoms with Gasteiger partial charge in [-0.1, -0.05) is 55.8 Å². The molecule has 7 heteroatoms. The highest BCUT2D eigenvalue weighted by Crippen LogP contribution is 2.44. The van der Waals surface area contributed by atoms with Gasteiger partial charge in [0.2, 0.25) is 5.91 Å². The van der Waals surface area contributed by atoms with E-state index >= 15 is 0 Å². The number of piperidine rings is 1. The quantitative estimate of drug-likeness (QED) is 0.290. The third-order valence-electron chi connectivity index (χ3n) is 8.78. The van der Waals surface area contributed by atoms with E-state index in [0.717, 1.165) is 41.8 Å². The molecule has 2 aromatic carbocycles. The number of hydrogen-bond acceptors (Lipinski definition) is 4. The Hall–Kier alpha value is -2.64. The summed E-state index contributed by atoms with van der Waals surface area (Å²) in [6, 6.07) is 17.0. The van der Waals surface area contributed by atoms with Crippen LogP contribution in [0.4, 0.5) is 4.39 Å². The Kier molecular flexibility index (Phi) is 9.97. The third-order valence-corrected chi connectivity index (χ3v) is 10.2. The normalized spacial score (nSPS) is 26.5. The first-order chi connectivity index (χ1) is 19.5. The van der Waals surface area contributed by atoms with Crippen molar-refractivity contribution >= 4 is 29.7 Å². The number of carbonyl (C=O) groups is 2. The van der Waals surface area contributed by atoms with Crippen molar-refractivity contribution in [3.63, 3.8) is 0 Å². The zero-order chi connectivity index (χ0) is 27.9. The van der Waals surface area contributed by atoms with E-state index in [0.29, 0.717) is 25.6 Å². The number of nitrogens with zero attached hydrogens (tertiary/aromatic N) is 2. The van der Waals surface area contributed by atoms with Crippen LogP contribution in [-0.4, -0.2) is 58.6 Å². The summed E-state index contributed by atoms with van der Waals surface area (Å²) >= 11 is 1.66. The molecule has 4 unspecified atom stereocenters. The lowest BCUT2D eigenvalue weighted by atomic mass is 9.83. The smallest absolute Gasteiger partial charge is 0.260 e. The van der Waals surface area contributed by atoms with Gasteiger partial charge in [0.15, 0.2) is 0 Å². The first-order valence-corrected chi connectivity index (χ1v) is 15.9. The Balaban J connectivity index is 1.23. The molecular weight excluding hydrogens is 521 g/mol. The van der Waals surface area contributed by atoms with Crippen molar-refractivity contribution in [1.82, 2.24) is 15.1 Å². The minimum atomic E-state index is -0.285. The molecule has 1 saturated carbocycles. The molecule has 4 atom stereocenters. The zero-order valence-electron chi connectivity index (χ0n) is 23.6. The van der Waals surface area contributed by atoms with Gasteiger partial charge in [0, 0.05) is 42.9 Å². The van der Waals surface area contributed by atoms with Crippen molar-refractivity contribution in [2.45, 2.75) is 82.2 Å². The lowest BCUT2D eigenvalue weighted by Gasteiger charge is -2.46. The standard InChI is InChI=1S/C33H42FN3O2S/c1-2-28-11-6-7-19-36(28)20-8-18-35-32(38)26-14-17-30-29(22-26)37(23-25-12-15-27(34)16-13-25)33(39)31(40-30)21-24-9-4-3-5-10-24/h3-5,9-10,12-13,15-16,21,26,28-30H,2,6-8,11,14,17-20,22-23H2,1H3,(H,35,38)/b31-21-. The molecule has 0 spiro atoms. The Bertz CT molecular complexity index is 1170. The number of hydrogen-bond donors (Lipinski definition) is 1. The fraction of sp³-hybridized carbons (Fsp3) is 0.515. The number of rotatable bonds is 9. The van der Waals surface area contributed by atoms with E-state index in [-0.39, 0.29) is 34.8 Å². The van der Waals surface area contributed by atoms with E-state index in [9.17, 15) is 14.0 Å². The van der Waals surface area contributed by atoms with Crippen LogP contribution in [0.2, 0.25) is 0 Å². The number of carbonyl (C=O) groups excluding carboxylic acids is 2. The molecule has 1 N–H and O–H groups in total. The monoisotopic (exact) mass is 563 g/mol. The van der Waals surface area contributed by atoms with Gasteiger partial charge < -0.3 is 15.1 Å². The average molecular weight is 564 g/mol. The van der Waals surface area contributed by atoms with Gasteiger partial charge in [-0.05, 0) is 80.8 Å². The van der Waals surface area contributed by atoms with E-state index in [1.54, 1.807) is 23.9 Å². The van der Waals surface area contributed by atoms with Crippen molar-refractivity contribution < 1.29 is 14.0 Å². The highest BCUT2D eigenvalue weighted by atomic mass is 32.2. The molecule has 3 fully saturated rings. The maximum absolute atomic E-state index is 13.8. The number of amides is 2. The summed E-state index contributed by atoms with van der Waals surface area (Å²) in [5, 5.41) is 3.45. The van der Waals surface area contributed by atoms with E-state index in [2.05, 4.69) is 17.1 Å². The maximum atomic E-state index is 13.8. The van der Waals surface area contributed by atoms with E-state index < -0.39 is 0 Å². The lowest BCUT2D eigenvalue weighted by molar-refractivity contribution is -0.133. The van der Waals surface area contributed by atoms with Gasteiger partial charge in [0.05, 0.1) is 4.91 Å². The van der Waals surface area contributed by atoms with Crippen molar-refractivity contribution in [3.8, 4) is 0 Å². The van der Waals surface area contributed by atoms with Crippen LogP contribution in [0.1, 0.15) is 69.4 Å². The summed E-state index contributed by atoms with van der Waals surface area (Å²) in [5.74, 6) is -0.267. The first-order valence-electron chi connectivity index (χ1n) is 15.0. The Morgan fingerprint density at radius 1 is 1.07 bits per heavy atom. The van der Waals surface area contributed by atoms with Crippen molar-refractivity contribution in [1.29, 1.82) is 0 Å². The van der Waals surface area contributed by atoms with Crippen LogP contribution >= 0.6 is 11.8 Å². The second kappa shape index (κ2) is 13.8. The summed E-state index contributed by atoms with van der Waals surface area (Å²) in [6.07, 6.45) is 10.4. The van der Waals surface area contributed by atoms with Crippen LogP contribution < -0.4 is 5.32 Å². The maximum Gasteiger partial charge on any atom is 0.260 e. The fourth-order valence-electron chi connectivity index (χ4n) is 6.55. The molecule has 0 radical (unpaired) electrons. The minimum Gasteiger partial charge on any atom is -0.356 e. The van der Waals surface area contributed by atoms with Gasteiger partial charge in [-0.2, -0.15) is 0 Å². The van der Waals surface area contributed by atoms with Crippen LogP contribution in [0.3, 0.4) is 0 Å². The molecule has 2 amide bonds. The lowest BCUT2D eigenvalue weighted by Crippen LogP contribution is -2.53. The molecule has 40 heavy (non-hydrogen) atoms. The number of fused-ring (bicyclic) bond motifs is 1. The largest absolute Gasteiger partial charge is 0.356 e. The molecule has 3 aliphatic rings. The third kappa shape index (κ3) is 7.16. The van der Waals surface area contributed by atoms with Gasteiger partial charge in [0.1, 0.15) is 5.82 Å². The fourth-order valence-corrected chi connectivity index (χ4v) is 7.97. The van der Waals surface area contributed by atoms with Gasteiger partial charge in [-0.25, -0.2) is 4.39 Å². The number of nitrogens with one attached hydrogen (secondary N) is 1. The predicted octanol–water partition coefficient (Wildman–Crippen LogP) is 6.25. The number of halogens is 1. The van der Waals surface area contributed by atoms with Gasteiger partial charge in [-0.15, -0.1) is 11.8 Å². The minimum absolute atomic E-state index is 0.00695. The Morgan fingerprint density at radius 2 is 1.88 bits per heavy atom.